The Morgan fingerprint density at radius 1 is 1.23 bits per heavy atom. The number of aromatic nitrogens is 5. The van der Waals surface area contributed by atoms with Gasteiger partial charge in [-0.15, -0.1) is 5.10 Å². The monoisotopic (exact) mass is 421 g/mol. The van der Waals surface area contributed by atoms with Crippen molar-refractivity contribution in [3.63, 3.8) is 0 Å². The van der Waals surface area contributed by atoms with Crippen molar-refractivity contribution in [2.24, 2.45) is 5.73 Å². The van der Waals surface area contributed by atoms with E-state index in [9.17, 15) is 23.1 Å². The zero-order chi connectivity index (χ0) is 22.1. The van der Waals surface area contributed by atoms with E-state index >= 15 is 0 Å². The Balaban J connectivity index is 1.86. The second kappa shape index (κ2) is 7.71. The van der Waals surface area contributed by atoms with Crippen molar-refractivity contribution in [1.29, 1.82) is 0 Å². The average molecular weight is 421 g/mol. The number of rotatable bonds is 6. The van der Waals surface area contributed by atoms with Crippen LogP contribution in [0.25, 0.3) is 11.4 Å². The molecule has 0 bridgehead atoms. The molecule has 0 radical (unpaired) electrons. The van der Waals surface area contributed by atoms with Crippen molar-refractivity contribution in [3.05, 3.63) is 47.8 Å². The molecule has 0 saturated heterocycles. The highest BCUT2D eigenvalue weighted by Crippen LogP contribution is 2.30. The Kier molecular flexibility index (Phi) is 5.44. The number of primary amides is 1. The molecule has 3 rings (SSSR count). The first kappa shape index (κ1) is 21.2. The Morgan fingerprint density at radius 3 is 2.63 bits per heavy atom. The molecule has 0 saturated carbocycles. The number of carbonyl (C=O) groups is 1. The summed E-state index contributed by atoms with van der Waals surface area (Å²) in [5.41, 5.74) is 3.96. The Morgan fingerprint density at radius 2 is 1.97 bits per heavy atom. The van der Waals surface area contributed by atoms with Crippen molar-refractivity contribution in [2.75, 3.05) is 5.32 Å². The number of nitrogens with one attached hydrogen (secondary N) is 1. The number of alkyl halides is 3. The summed E-state index contributed by atoms with van der Waals surface area (Å²) in [5, 5.41) is 20.5. The van der Waals surface area contributed by atoms with E-state index in [0.29, 0.717) is 11.4 Å². The van der Waals surface area contributed by atoms with Gasteiger partial charge in [0.15, 0.2) is 5.60 Å². The second-order valence-electron chi connectivity index (χ2n) is 6.91. The molecule has 9 nitrogen and oxygen atoms in total. The summed E-state index contributed by atoms with van der Waals surface area (Å²) < 4.78 is 39.9. The summed E-state index contributed by atoms with van der Waals surface area (Å²) >= 11 is 0. The summed E-state index contributed by atoms with van der Waals surface area (Å²) in [5.74, 6) is -0.668. The van der Waals surface area contributed by atoms with Gasteiger partial charge in [-0.3, -0.25) is 4.79 Å². The Labute approximate surface area is 168 Å². The topological polar surface area (TPSA) is 132 Å². The SMILES string of the molecule is Cc1cc(Nc2cc(C(F)(F)F)ccn2)nc(-c2cn(CC(C)(O)C(N)=O)nn2)c1. The van der Waals surface area contributed by atoms with Gasteiger partial charge in [-0.2, -0.15) is 13.2 Å². The van der Waals surface area contributed by atoms with Gasteiger partial charge in [-0.25, -0.2) is 14.6 Å². The number of aliphatic hydroxyl groups is 1. The molecule has 12 heteroatoms. The fraction of sp³-hybridized carbons (Fsp3) is 0.278. The lowest BCUT2D eigenvalue weighted by atomic mass is 10.1. The summed E-state index contributed by atoms with van der Waals surface area (Å²) in [7, 11) is 0. The number of aryl methyl sites for hydroxylation is 1. The lowest BCUT2D eigenvalue weighted by molar-refractivity contribution is -0.137. The van der Waals surface area contributed by atoms with Crippen LogP contribution in [0, 0.1) is 6.92 Å². The van der Waals surface area contributed by atoms with E-state index in [2.05, 4.69) is 25.6 Å². The third-order valence-corrected chi connectivity index (χ3v) is 4.11. The number of hydrogen-bond donors (Lipinski definition) is 3. The fourth-order valence-corrected chi connectivity index (χ4v) is 2.56. The van der Waals surface area contributed by atoms with Crippen molar-refractivity contribution >= 4 is 17.5 Å². The van der Waals surface area contributed by atoms with Gasteiger partial charge in [0.25, 0.3) is 5.91 Å². The summed E-state index contributed by atoms with van der Waals surface area (Å²) in [6.07, 6.45) is -1.97. The number of hydrogen-bond acceptors (Lipinski definition) is 7. The smallest absolute Gasteiger partial charge is 0.378 e. The molecule has 0 spiro atoms. The second-order valence-corrected chi connectivity index (χ2v) is 6.91. The Bertz CT molecular complexity index is 1080. The van der Waals surface area contributed by atoms with Crippen molar-refractivity contribution in [3.8, 4) is 11.4 Å². The molecule has 1 amide bonds. The molecule has 1 unspecified atom stereocenters. The third kappa shape index (κ3) is 4.89. The molecular formula is C18H18F3N7O2. The van der Waals surface area contributed by atoms with Crippen LogP contribution in [0.1, 0.15) is 18.1 Å². The van der Waals surface area contributed by atoms with Gasteiger partial charge in [-0.1, -0.05) is 5.21 Å². The molecule has 3 heterocycles. The van der Waals surface area contributed by atoms with Gasteiger partial charge in [0.05, 0.1) is 24.0 Å². The summed E-state index contributed by atoms with van der Waals surface area (Å²) in [6, 6.07) is 5.09. The van der Waals surface area contributed by atoms with E-state index in [1.807, 2.05) is 0 Å². The highest BCUT2D eigenvalue weighted by Gasteiger charge is 2.31. The van der Waals surface area contributed by atoms with Gasteiger partial charge in [0.1, 0.15) is 17.3 Å². The first-order valence-electron chi connectivity index (χ1n) is 8.66. The van der Waals surface area contributed by atoms with E-state index in [1.165, 1.54) is 17.8 Å². The first-order valence-corrected chi connectivity index (χ1v) is 8.66. The van der Waals surface area contributed by atoms with Crippen LogP contribution in [0.15, 0.2) is 36.7 Å². The molecule has 0 aliphatic rings. The molecule has 4 N–H and O–H groups in total. The zero-order valence-corrected chi connectivity index (χ0v) is 16.0. The number of pyridine rings is 2. The zero-order valence-electron chi connectivity index (χ0n) is 16.0. The van der Waals surface area contributed by atoms with Gasteiger partial charge in [-0.05, 0) is 43.7 Å². The number of halogens is 3. The molecular weight excluding hydrogens is 403 g/mol. The van der Waals surface area contributed by atoms with Crippen LogP contribution in [0.5, 0.6) is 0 Å². The van der Waals surface area contributed by atoms with E-state index < -0.39 is 23.2 Å². The molecule has 0 aliphatic carbocycles. The molecule has 3 aromatic heterocycles. The number of carbonyl (C=O) groups excluding carboxylic acids is 1. The maximum absolute atomic E-state index is 12.9. The van der Waals surface area contributed by atoms with E-state index in [1.54, 1.807) is 19.1 Å². The minimum atomic E-state index is -4.49. The predicted molar refractivity (Wildman–Crippen MR) is 100 cm³/mol. The lowest BCUT2D eigenvalue weighted by Crippen LogP contribution is -2.44. The molecule has 0 aromatic carbocycles. The van der Waals surface area contributed by atoms with E-state index in [-0.39, 0.29) is 18.2 Å². The average Bonchev–Trinajstić information content (AvgIpc) is 3.08. The van der Waals surface area contributed by atoms with Gasteiger partial charge in [0.2, 0.25) is 0 Å². The maximum atomic E-state index is 12.9. The number of anilines is 2. The fourth-order valence-electron chi connectivity index (χ4n) is 2.56. The minimum Gasteiger partial charge on any atom is -0.378 e. The predicted octanol–water partition coefficient (Wildman–Crippen LogP) is 2.04. The highest BCUT2D eigenvalue weighted by molar-refractivity contribution is 5.82. The van der Waals surface area contributed by atoms with Crippen molar-refractivity contribution < 1.29 is 23.1 Å². The first-order chi connectivity index (χ1) is 13.9. The van der Waals surface area contributed by atoms with Crippen molar-refractivity contribution in [1.82, 2.24) is 25.0 Å². The molecule has 0 fully saturated rings. The van der Waals surface area contributed by atoms with Gasteiger partial charge >= 0.3 is 6.18 Å². The van der Waals surface area contributed by atoms with Crippen LogP contribution in [0.4, 0.5) is 24.8 Å². The van der Waals surface area contributed by atoms with Gasteiger partial charge in [0, 0.05) is 6.20 Å². The van der Waals surface area contributed by atoms with Crippen LogP contribution in [0.3, 0.4) is 0 Å². The number of nitrogens with two attached hydrogens (primary N) is 1. The van der Waals surface area contributed by atoms with Crippen LogP contribution < -0.4 is 11.1 Å². The molecule has 30 heavy (non-hydrogen) atoms. The summed E-state index contributed by atoms with van der Waals surface area (Å²) in [6.45, 7) is 2.82. The van der Waals surface area contributed by atoms with Crippen LogP contribution in [-0.4, -0.2) is 41.6 Å². The minimum absolute atomic E-state index is 0.0185. The normalized spacial score (nSPS) is 13.7. The lowest BCUT2D eigenvalue weighted by Gasteiger charge is -2.17. The molecule has 0 aliphatic heterocycles. The standard InChI is InChI=1S/C18H18F3N7O2/c1-10-5-12(13-8-28(27-26-13)9-17(2,30)16(22)29)24-15(6-10)25-14-7-11(3-4-23-14)18(19,20)21/h3-8,30H,9H2,1-2H3,(H2,22,29)(H,23,24,25). The molecule has 158 valence electrons. The van der Waals surface area contributed by atoms with Crippen LogP contribution >= 0.6 is 0 Å². The quantitative estimate of drug-likeness (QED) is 0.555. The Hall–Kier alpha value is -3.54. The van der Waals surface area contributed by atoms with Crippen molar-refractivity contribution in [2.45, 2.75) is 32.2 Å². The van der Waals surface area contributed by atoms with E-state index in [0.717, 1.165) is 23.9 Å². The number of amides is 1. The maximum Gasteiger partial charge on any atom is 0.416 e. The number of nitrogens with zero attached hydrogens (tertiary/aromatic N) is 5. The molecule has 1 atom stereocenters. The molecule has 3 aromatic rings. The van der Waals surface area contributed by atoms with Crippen LogP contribution in [-0.2, 0) is 17.5 Å². The van der Waals surface area contributed by atoms with Crippen LogP contribution in [0.2, 0.25) is 0 Å². The largest absolute Gasteiger partial charge is 0.416 e. The van der Waals surface area contributed by atoms with E-state index in [4.69, 9.17) is 5.73 Å². The highest BCUT2D eigenvalue weighted by atomic mass is 19.4. The summed E-state index contributed by atoms with van der Waals surface area (Å²) in [4.78, 5) is 19.5. The third-order valence-electron chi connectivity index (χ3n) is 4.11. The van der Waals surface area contributed by atoms with Gasteiger partial charge < -0.3 is 16.2 Å².